The Labute approximate surface area is 140 Å². The number of fused-ring (bicyclic) bond motifs is 1. The number of rotatable bonds is 3. The molecule has 3 nitrogen and oxygen atoms in total. The second-order valence-corrected chi connectivity index (χ2v) is 6.56. The van der Waals surface area contributed by atoms with Crippen LogP contribution in [0.25, 0.3) is 10.9 Å². The van der Waals surface area contributed by atoms with Gasteiger partial charge in [0, 0.05) is 21.7 Å². The van der Waals surface area contributed by atoms with Gasteiger partial charge in [-0.15, -0.1) is 0 Å². The molecule has 0 aliphatic rings. The number of aromatic nitrogens is 1. The number of nitrogens with zero attached hydrogens (tertiary/aromatic N) is 1. The number of phenolic OH excluding ortho intramolecular Hbond substituents is 1. The Morgan fingerprint density at radius 2 is 1.83 bits per heavy atom. The molecule has 0 spiro atoms. The standard InChI is InChI=1S/C19H18ClNO2/c1-12(2)9-16-10-14-11-17(22)7-8-18(14)21(16)19(23)13-3-5-15(20)6-4-13/h3-8,10-12,22H,9H2,1-2H3. The minimum absolute atomic E-state index is 0.0852. The molecular weight excluding hydrogens is 310 g/mol. The lowest BCUT2D eigenvalue weighted by atomic mass is 10.1. The predicted molar refractivity (Wildman–Crippen MR) is 93.3 cm³/mol. The van der Waals surface area contributed by atoms with E-state index < -0.39 is 0 Å². The van der Waals surface area contributed by atoms with Gasteiger partial charge in [0.2, 0.25) is 0 Å². The first-order valence-corrected chi connectivity index (χ1v) is 7.97. The summed E-state index contributed by atoms with van der Waals surface area (Å²) < 4.78 is 1.73. The van der Waals surface area contributed by atoms with Crippen LogP contribution in [0, 0.1) is 5.92 Å². The van der Waals surface area contributed by atoms with Crippen molar-refractivity contribution >= 4 is 28.4 Å². The van der Waals surface area contributed by atoms with Crippen LogP contribution in [-0.4, -0.2) is 15.6 Å². The molecule has 1 heterocycles. The molecule has 0 saturated carbocycles. The van der Waals surface area contributed by atoms with Crippen LogP contribution in [0.15, 0.2) is 48.5 Å². The van der Waals surface area contributed by atoms with Gasteiger partial charge in [-0.25, -0.2) is 0 Å². The summed E-state index contributed by atoms with van der Waals surface area (Å²) in [6.45, 7) is 4.23. The monoisotopic (exact) mass is 327 g/mol. The Hall–Kier alpha value is -2.26. The van der Waals surface area contributed by atoms with E-state index >= 15 is 0 Å². The van der Waals surface area contributed by atoms with E-state index in [1.54, 1.807) is 47.0 Å². The number of hydrogen-bond acceptors (Lipinski definition) is 2. The molecule has 2 aromatic carbocycles. The van der Waals surface area contributed by atoms with Crippen molar-refractivity contribution < 1.29 is 9.90 Å². The summed E-state index contributed by atoms with van der Waals surface area (Å²) in [5.41, 5.74) is 2.34. The largest absolute Gasteiger partial charge is 0.508 e. The number of hydrogen-bond donors (Lipinski definition) is 1. The van der Waals surface area contributed by atoms with Crippen LogP contribution in [0.1, 0.15) is 29.9 Å². The molecule has 0 fully saturated rings. The molecule has 0 amide bonds. The van der Waals surface area contributed by atoms with E-state index in [1.165, 1.54) is 0 Å². The van der Waals surface area contributed by atoms with Gasteiger partial charge in [0.15, 0.2) is 0 Å². The van der Waals surface area contributed by atoms with E-state index in [-0.39, 0.29) is 11.7 Å². The summed E-state index contributed by atoms with van der Waals surface area (Å²) in [6.07, 6.45) is 0.786. The van der Waals surface area contributed by atoms with E-state index in [0.29, 0.717) is 16.5 Å². The molecule has 0 aliphatic carbocycles. The minimum Gasteiger partial charge on any atom is -0.508 e. The van der Waals surface area contributed by atoms with Crippen molar-refractivity contribution in [2.75, 3.05) is 0 Å². The number of aromatic hydroxyl groups is 1. The summed E-state index contributed by atoms with van der Waals surface area (Å²) in [4.78, 5) is 13.0. The van der Waals surface area contributed by atoms with Gasteiger partial charge in [0.05, 0.1) is 5.52 Å². The fourth-order valence-corrected chi connectivity index (χ4v) is 2.92. The zero-order valence-corrected chi connectivity index (χ0v) is 13.8. The Balaban J connectivity index is 2.17. The number of carbonyl (C=O) groups is 1. The van der Waals surface area contributed by atoms with Gasteiger partial charge in [-0.1, -0.05) is 25.4 Å². The van der Waals surface area contributed by atoms with Gasteiger partial charge in [-0.3, -0.25) is 9.36 Å². The van der Waals surface area contributed by atoms with Gasteiger partial charge < -0.3 is 5.11 Å². The highest BCUT2D eigenvalue weighted by Gasteiger charge is 2.17. The third kappa shape index (κ3) is 3.10. The highest BCUT2D eigenvalue weighted by molar-refractivity contribution is 6.30. The number of halogens is 1. The van der Waals surface area contributed by atoms with E-state index in [4.69, 9.17) is 11.6 Å². The van der Waals surface area contributed by atoms with Gasteiger partial charge in [0.25, 0.3) is 5.91 Å². The van der Waals surface area contributed by atoms with Crippen LogP contribution in [0.3, 0.4) is 0 Å². The second kappa shape index (κ2) is 6.09. The van der Waals surface area contributed by atoms with Crippen molar-refractivity contribution in [1.29, 1.82) is 0 Å². The molecule has 0 bridgehead atoms. The zero-order valence-electron chi connectivity index (χ0n) is 13.1. The summed E-state index contributed by atoms with van der Waals surface area (Å²) in [5.74, 6) is 0.535. The minimum atomic E-state index is -0.0852. The topological polar surface area (TPSA) is 42.2 Å². The first-order valence-electron chi connectivity index (χ1n) is 7.59. The Kier molecular flexibility index (Phi) is 4.14. The highest BCUT2D eigenvalue weighted by atomic mass is 35.5. The molecule has 118 valence electrons. The first-order chi connectivity index (χ1) is 11.0. The molecule has 1 aromatic heterocycles. The average molecular weight is 328 g/mol. The molecule has 3 aromatic rings. The van der Waals surface area contributed by atoms with E-state index in [2.05, 4.69) is 13.8 Å². The second-order valence-electron chi connectivity index (χ2n) is 6.12. The van der Waals surface area contributed by atoms with E-state index in [1.807, 2.05) is 6.07 Å². The van der Waals surface area contributed by atoms with E-state index in [0.717, 1.165) is 23.0 Å². The molecule has 1 N–H and O–H groups in total. The van der Waals surface area contributed by atoms with Crippen molar-refractivity contribution in [2.24, 2.45) is 5.92 Å². The summed E-state index contributed by atoms with van der Waals surface area (Å²) in [7, 11) is 0. The third-order valence-corrected chi connectivity index (χ3v) is 4.02. The highest BCUT2D eigenvalue weighted by Crippen LogP contribution is 2.27. The first kappa shape index (κ1) is 15.6. The number of benzene rings is 2. The fourth-order valence-electron chi connectivity index (χ4n) is 2.79. The molecule has 0 atom stereocenters. The lowest BCUT2D eigenvalue weighted by Crippen LogP contribution is -2.15. The molecule has 0 unspecified atom stereocenters. The van der Waals surface area contributed by atoms with Crippen LogP contribution in [0.5, 0.6) is 5.75 Å². The van der Waals surface area contributed by atoms with Crippen LogP contribution in [0.4, 0.5) is 0 Å². The molecule has 23 heavy (non-hydrogen) atoms. The van der Waals surface area contributed by atoms with Gasteiger partial charge >= 0.3 is 0 Å². The zero-order chi connectivity index (χ0) is 16.6. The van der Waals surface area contributed by atoms with Crippen molar-refractivity contribution in [1.82, 2.24) is 4.57 Å². The maximum atomic E-state index is 13.0. The number of phenols is 1. The van der Waals surface area contributed by atoms with Gasteiger partial charge in [0.1, 0.15) is 5.75 Å². The Bertz CT molecular complexity index is 863. The van der Waals surface area contributed by atoms with Crippen LogP contribution in [0.2, 0.25) is 5.02 Å². The molecule has 0 saturated heterocycles. The maximum absolute atomic E-state index is 13.0. The Morgan fingerprint density at radius 3 is 2.48 bits per heavy atom. The summed E-state index contributed by atoms with van der Waals surface area (Å²) >= 11 is 5.91. The predicted octanol–water partition coefficient (Wildman–Crippen LogP) is 4.89. The van der Waals surface area contributed by atoms with E-state index in [9.17, 15) is 9.90 Å². The fraction of sp³-hybridized carbons (Fsp3) is 0.211. The van der Waals surface area contributed by atoms with Gasteiger partial charge in [-0.05, 0) is 60.9 Å². The average Bonchev–Trinajstić information content (AvgIpc) is 2.83. The quantitative estimate of drug-likeness (QED) is 0.744. The normalized spacial score (nSPS) is 11.3. The molecular formula is C19H18ClNO2. The van der Waals surface area contributed by atoms with Crippen molar-refractivity contribution in [3.8, 4) is 5.75 Å². The smallest absolute Gasteiger partial charge is 0.262 e. The van der Waals surface area contributed by atoms with Crippen molar-refractivity contribution in [2.45, 2.75) is 20.3 Å². The lowest BCUT2D eigenvalue weighted by Gasteiger charge is -2.11. The Morgan fingerprint density at radius 1 is 1.13 bits per heavy atom. The molecule has 0 radical (unpaired) electrons. The third-order valence-electron chi connectivity index (χ3n) is 3.77. The van der Waals surface area contributed by atoms with Crippen molar-refractivity contribution in [3.63, 3.8) is 0 Å². The SMILES string of the molecule is CC(C)Cc1cc2cc(O)ccc2n1C(=O)c1ccc(Cl)cc1. The summed E-state index contributed by atoms with van der Waals surface area (Å²) in [5, 5.41) is 11.2. The summed E-state index contributed by atoms with van der Waals surface area (Å²) in [6, 6.07) is 13.9. The van der Waals surface area contributed by atoms with Crippen molar-refractivity contribution in [3.05, 3.63) is 64.8 Å². The lowest BCUT2D eigenvalue weighted by molar-refractivity contribution is 0.0961. The molecule has 3 rings (SSSR count). The molecule has 4 heteroatoms. The van der Waals surface area contributed by atoms with Crippen LogP contribution < -0.4 is 0 Å². The maximum Gasteiger partial charge on any atom is 0.262 e. The van der Waals surface area contributed by atoms with Crippen LogP contribution in [-0.2, 0) is 6.42 Å². The van der Waals surface area contributed by atoms with Gasteiger partial charge in [-0.2, -0.15) is 0 Å². The molecule has 0 aliphatic heterocycles. The number of carbonyl (C=O) groups excluding carboxylic acids is 1. The van der Waals surface area contributed by atoms with Crippen LogP contribution >= 0.6 is 11.6 Å².